The van der Waals surface area contributed by atoms with Gasteiger partial charge in [-0.1, -0.05) is 26.0 Å². The van der Waals surface area contributed by atoms with Gasteiger partial charge < -0.3 is 15.6 Å². The van der Waals surface area contributed by atoms with Crippen LogP contribution in [0.15, 0.2) is 24.3 Å². The van der Waals surface area contributed by atoms with Gasteiger partial charge in [-0.25, -0.2) is 4.98 Å². The number of nitrogens with one attached hydrogen (secondary N) is 3. The van der Waals surface area contributed by atoms with E-state index < -0.39 is 0 Å². The van der Waals surface area contributed by atoms with Crippen molar-refractivity contribution in [2.45, 2.75) is 32.7 Å². The van der Waals surface area contributed by atoms with Crippen molar-refractivity contribution in [1.82, 2.24) is 20.6 Å². The smallest absolute Gasteiger partial charge is 0.225 e. The molecule has 2 aromatic rings. The lowest BCUT2D eigenvalue weighted by Crippen LogP contribution is -2.36. The van der Waals surface area contributed by atoms with Gasteiger partial charge in [0.25, 0.3) is 0 Å². The Kier molecular flexibility index (Phi) is 4.43. The van der Waals surface area contributed by atoms with Crippen LogP contribution in [0.4, 0.5) is 0 Å². The van der Waals surface area contributed by atoms with Crippen LogP contribution in [-0.4, -0.2) is 29.0 Å². The third-order valence-corrected chi connectivity index (χ3v) is 4.19. The van der Waals surface area contributed by atoms with E-state index in [0.717, 1.165) is 42.8 Å². The van der Waals surface area contributed by atoms with E-state index >= 15 is 0 Å². The summed E-state index contributed by atoms with van der Waals surface area (Å²) < 4.78 is 0. The molecule has 5 heteroatoms. The number of hydrogen-bond donors (Lipinski definition) is 3. The maximum Gasteiger partial charge on any atom is 0.225 e. The number of imidazole rings is 1. The molecule has 2 atom stereocenters. The highest BCUT2D eigenvalue weighted by Crippen LogP contribution is 2.23. The van der Waals surface area contributed by atoms with Crippen molar-refractivity contribution in [2.24, 2.45) is 11.8 Å². The van der Waals surface area contributed by atoms with Gasteiger partial charge in [0.2, 0.25) is 5.91 Å². The summed E-state index contributed by atoms with van der Waals surface area (Å²) in [4.78, 5) is 20.4. The van der Waals surface area contributed by atoms with Gasteiger partial charge in [-0.05, 0) is 37.4 Å². The minimum absolute atomic E-state index is 0.0551. The molecule has 1 aromatic heterocycles. The fraction of sp³-hybridized carbons (Fsp3) is 0.529. The van der Waals surface area contributed by atoms with Crippen molar-refractivity contribution < 1.29 is 4.79 Å². The van der Waals surface area contributed by atoms with Crippen LogP contribution in [-0.2, 0) is 4.79 Å². The minimum atomic E-state index is -0.0551. The summed E-state index contributed by atoms with van der Waals surface area (Å²) in [5.74, 6) is 1.56. The average molecular weight is 300 g/mol. The molecular formula is C17H24N4O. The van der Waals surface area contributed by atoms with Crippen LogP contribution in [0.5, 0.6) is 0 Å². The summed E-state index contributed by atoms with van der Waals surface area (Å²) in [5, 5.41) is 6.44. The normalized spacial score (nSPS) is 19.7. The molecule has 0 spiro atoms. The summed E-state index contributed by atoms with van der Waals surface area (Å²) in [6, 6.07) is 7.92. The molecule has 22 heavy (non-hydrogen) atoms. The van der Waals surface area contributed by atoms with Crippen molar-refractivity contribution >= 4 is 16.9 Å². The van der Waals surface area contributed by atoms with Gasteiger partial charge in [-0.3, -0.25) is 4.79 Å². The number of aromatic nitrogens is 2. The number of fused-ring (bicyclic) bond motifs is 1. The van der Waals surface area contributed by atoms with Crippen LogP contribution < -0.4 is 10.6 Å². The van der Waals surface area contributed by atoms with Crippen LogP contribution in [0.3, 0.4) is 0 Å². The van der Waals surface area contributed by atoms with Gasteiger partial charge in [-0.2, -0.15) is 0 Å². The highest BCUT2D eigenvalue weighted by Gasteiger charge is 2.26. The predicted molar refractivity (Wildman–Crippen MR) is 87.4 cm³/mol. The van der Waals surface area contributed by atoms with Crippen LogP contribution in [0.1, 0.15) is 38.6 Å². The molecule has 1 fully saturated rings. The van der Waals surface area contributed by atoms with E-state index in [2.05, 4.69) is 34.4 Å². The molecule has 1 aliphatic heterocycles. The largest absolute Gasteiger partial charge is 0.346 e. The number of hydrogen-bond acceptors (Lipinski definition) is 3. The first kappa shape index (κ1) is 15.0. The van der Waals surface area contributed by atoms with E-state index in [1.54, 1.807) is 0 Å². The van der Waals surface area contributed by atoms with Gasteiger partial charge in [0.1, 0.15) is 5.82 Å². The number of rotatable bonds is 5. The number of aromatic amines is 1. The number of nitrogens with zero attached hydrogens (tertiary/aromatic N) is 1. The fourth-order valence-electron chi connectivity index (χ4n) is 3.02. The molecule has 1 saturated heterocycles. The van der Waals surface area contributed by atoms with Crippen LogP contribution >= 0.6 is 0 Å². The molecule has 1 aliphatic rings. The molecule has 2 heterocycles. The average Bonchev–Trinajstić information content (AvgIpc) is 3.15. The Labute approximate surface area is 130 Å². The van der Waals surface area contributed by atoms with Crippen LogP contribution in [0, 0.1) is 11.8 Å². The second-order valence-electron chi connectivity index (χ2n) is 6.52. The van der Waals surface area contributed by atoms with Gasteiger partial charge in [0.05, 0.1) is 23.0 Å². The fourth-order valence-corrected chi connectivity index (χ4v) is 3.02. The first-order valence-electron chi connectivity index (χ1n) is 8.09. The standard InChI is InChI=1S/C17H24N4O/c1-11(2)9-15(21-17(22)12-7-8-18-10-12)16-19-13-5-3-4-6-14(13)20-16/h3-6,11-12,15,18H,7-10H2,1-2H3,(H,19,20)(H,21,22). The predicted octanol–water partition coefficient (Wildman–Crippen LogP) is 2.38. The second-order valence-corrected chi connectivity index (χ2v) is 6.52. The van der Waals surface area contributed by atoms with Gasteiger partial charge in [0, 0.05) is 6.54 Å². The number of amides is 1. The van der Waals surface area contributed by atoms with E-state index in [1.807, 2.05) is 24.3 Å². The summed E-state index contributed by atoms with van der Waals surface area (Å²) >= 11 is 0. The SMILES string of the molecule is CC(C)CC(NC(=O)C1CCNC1)c1nc2ccccc2[nH]1. The lowest BCUT2D eigenvalue weighted by molar-refractivity contribution is -0.125. The second kappa shape index (κ2) is 6.48. The topological polar surface area (TPSA) is 69.8 Å². The Morgan fingerprint density at radius 1 is 1.41 bits per heavy atom. The van der Waals surface area contributed by atoms with Crippen molar-refractivity contribution in [3.8, 4) is 0 Å². The number of carbonyl (C=O) groups is 1. The zero-order valence-corrected chi connectivity index (χ0v) is 13.2. The third-order valence-electron chi connectivity index (χ3n) is 4.19. The summed E-state index contributed by atoms with van der Waals surface area (Å²) in [6.45, 7) is 6.04. The molecule has 3 rings (SSSR count). The molecule has 0 radical (unpaired) electrons. The highest BCUT2D eigenvalue weighted by molar-refractivity contribution is 5.80. The summed E-state index contributed by atoms with van der Waals surface area (Å²) in [7, 11) is 0. The number of H-pyrrole nitrogens is 1. The Bertz CT molecular complexity index is 610. The van der Waals surface area contributed by atoms with Gasteiger partial charge in [0.15, 0.2) is 0 Å². The van der Waals surface area contributed by atoms with E-state index in [-0.39, 0.29) is 17.9 Å². The molecule has 5 nitrogen and oxygen atoms in total. The molecule has 118 valence electrons. The van der Waals surface area contributed by atoms with Gasteiger partial charge >= 0.3 is 0 Å². The number of carbonyl (C=O) groups excluding carboxylic acids is 1. The van der Waals surface area contributed by atoms with Crippen molar-refractivity contribution in [1.29, 1.82) is 0 Å². The quantitative estimate of drug-likeness (QED) is 0.794. The van der Waals surface area contributed by atoms with Gasteiger partial charge in [-0.15, -0.1) is 0 Å². The molecule has 1 amide bonds. The molecule has 0 aliphatic carbocycles. The minimum Gasteiger partial charge on any atom is -0.346 e. The Hall–Kier alpha value is -1.88. The van der Waals surface area contributed by atoms with Crippen molar-refractivity contribution in [3.63, 3.8) is 0 Å². The molecule has 2 unspecified atom stereocenters. The molecule has 3 N–H and O–H groups in total. The summed E-state index contributed by atoms with van der Waals surface area (Å²) in [5.41, 5.74) is 1.96. The number of para-hydroxylation sites is 2. The van der Waals surface area contributed by atoms with Crippen LogP contribution in [0.2, 0.25) is 0 Å². The molecule has 1 aromatic carbocycles. The third kappa shape index (κ3) is 3.30. The van der Waals surface area contributed by atoms with E-state index in [0.29, 0.717) is 5.92 Å². The zero-order valence-electron chi connectivity index (χ0n) is 13.2. The van der Waals surface area contributed by atoms with E-state index in [9.17, 15) is 4.79 Å². The lowest BCUT2D eigenvalue weighted by atomic mass is 10.0. The molecule has 0 saturated carbocycles. The Morgan fingerprint density at radius 3 is 2.91 bits per heavy atom. The Morgan fingerprint density at radius 2 is 2.23 bits per heavy atom. The Balaban J connectivity index is 1.80. The lowest BCUT2D eigenvalue weighted by Gasteiger charge is -2.20. The monoisotopic (exact) mass is 300 g/mol. The number of benzene rings is 1. The van der Waals surface area contributed by atoms with Crippen molar-refractivity contribution in [3.05, 3.63) is 30.1 Å². The first-order chi connectivity index (χ1) is 10.6. The highest BCUT2D eigenvalue weighted by atomic mass is 16.2. The van der Waals surface area contributed by atoms with E-state index in [1.165, 1.54) is 0 Å². The maximum absolute atomic E-state index is 12.4. The molecule has 0 bridgehead atoms. The first-order valence-corrected chi connectivity index (χ1v) is 8.09. The molecular weight excluding hydrogens is 276 g/mol. The van der Waals surface area contributed by atoms with E-state index in [4.69, 9.17) is 0 Å². The van der Waals surface area contributed by atoms with Crippen molar-refractivity contribution in [2.75, 3.05) is 13.1 Å². The maximum atomic E-state index is 12.4. The zero-order chi connectivity index (χ0) is 15.5. The summed E-state index contributed by atoms with van der Waals surface area (Å²) in [6.07, 6.45) is 1.80. The van der Waals surface area contributed by atoms with Crippen LogP contribution in [0.25, 0.3) is 11.0 Å².